The lowest BCUT2D eigenvalue weighted by Crippen LogP contribution is -2.39. The number of aliphatic imine (C=N–C) groups is 3. The number of anilines is 2. The highest BCUT2D eigenvalue weighted by molar-refractivity contribution is 6.50. The van der Waals surface area contributed by atoms with E-state index in [1.165, 1.54) is 0 Å². The average Bonchev–Trinajstić information content (AvgIpc) is 3.69. The van der Waals surface area contributed by atoms with Gasteiger partial charge in [0.05, 0.1) is 18.1 Å². The number of hydrogen-bond donors (Lipinski definition) is 1. The van der Waals surface area contributed by atoms with Crippen LogP contribution in [0.15, 0.2) is 63.7 Å². The Morgan fingerprint density at radius 1 is 0.854 bits per heavy atom. The van der Waals surface area contributed by atoms with Gasteiger partial charge in [-0.05, 0) is 38.7 Å². The van der Waals surface area contributed by atoms with Gasteiger partial charge in [0.25, 0.3) is 0 Å². The van der Waals surface area contributed by atoms with Crippen LogP contribution in [0.2, 0.25) is 0 Å². The van der Waals surface area contributed by atoms with Gasteiger partial charge in [0.1, 0.15) is 28.7 Å². The number of dihydropyridines is 1. The van der Waals surface area contributed by atoms with Crippen LogP contribution in [0.5, 0.6) is 0 Å². The van der Waals surface area contributed by atoms with Crippen molar-refractivity contribution >= 4 is 51.7 Å². The molecule has 0 bridgehead atoms. The quantitative estimate of drug-likeness (QED) is 0.390. The molecule has 0 aliphatic carbocycles. The maximum Gasteiger partial charge on any atom is 0.183 e. The van der Waals surface area contributed by atoms with Gasteiger partial charge in [0.15, 0.2) is 23.0 Å². The van der Waals surface area contributed by atoms with Gasteiger partial charge in [-0.15, -0.1) is 0 Å². The van der Waals surface area contributed by atoms with Crippen molar-refractivity contribution in [1.29, 1.82) is 0 Å². The zero-order chi connectivity index (χ0) is 28.8. The Bertz CT molecular complexity index is 1740. The molecule has 0 amide bonds. The van der Waals surface area contributed by atoms with Gasteiger partial charge in [0, 0.05) is 59.7 Å². The Hall–Kier alpha value is -4.85. The van der Waals surface area contributed by atoms with Crippen LogP contribution in [0, 0.1) is 0 Å². The third-order valence-corrected chi connectivity index (χ3v) is 7.29. The number of amidine groups is 2. The summed E-state index contributed by atoms with van der Waals surface area (Å²) in [5, 5.41) is 9.08. The van der Waals surface area contributed by atoms with Gasteiger partial charge < -0.3 is 25.3 Å². The summed E-state index contributed by atoms with van der Waals surface area (Å²) < 4.78 is 3.51. The minimum Gasteiger partial charge on any atom is -0.396 e. The lowest BCUT2D eigenvalue weighted by molar-refractivity contribution is 0.301. The SMILES string of the molecule is CN(C)c1ccnc2c(N=C3C=C(N)C(N4CCC(N(C)C)C4)=NC3=Nc3cnn4c(N(C)C)ccnc34)cnn12. The number of likely N-dealkylation sites (tertiary alicyclic amines) is 1. The second kappa shape index (κ2) is 10.3. The summed E-state index contributed by atoms with van der Waals surface area (Å²) in [6.07, 6.45) is 9.72. The molecule has 0 radical (unpaired) electrons. The van der Waals surface area contributed by atoms with Gasteiger partial charge >= 0.3 is 0 Å². The first-order chi connectivity index (χ1) is 19.7. The van der Waals surface area contributed by atoms with Crippen LogP contribution < -0.4 is 15.5 Å². The minimum absolute atomic E-state index is 0.414. The molecule has 4 aromatic rings. The van der Waals surface area contributed by atoms with Gasteiger partial charge in [-0.25, -0.2) is 24.9 Å². The predicted molar refractivity (Wildman–Crippen MR) is 162 cm³/mol. The van der Waals surface area contributed by atoms with E-state index in [2.05, 4.69) is 44.1 Å². The molecule has 4 aromatic heterocycles. The summed E-state index contributed by atoms with van der Waals surface area (Å²) in [6, 6.07) is 4.22. The van der Waals surface area contributed by atoms with Crippen LogP contribution >= 0.6 is 0 Å². The molecule has 41 heavy (non-hydrogen) atoms. The lowest BCUT2D eigenvalue weighted by Gasteiger charge is -2.25. The van der Waals surface area contributed by atoms with E-state index in [4.69, 9.17) is 20.7 Å². The smallest absolute Gasteiger partial charge is 0.183 e. The number of nitrogens with zero attached hydrogens (tertiary/aromatic N) is 13. The van der Waals surface area contributed by atoms with Gasteiger partial charge in [-0.2, -0.15) is 19.2 Å². The van der Waals surface area contributed by atoms with E-state index in [1.54, 1.807) is 33.8 Å². The van der Waals surface area contributed by atoms with Crippen molar-refractivity contribution < 1.29 is 0 Å². The highest BCUT2D eigenvalue weighted by Crippen LogP contribution is 2.27. The molecule has 14 nitrogen and oxygen atoms in total. The Balaban J connectivity index is 1.48. The fourth-order valence-corrected chi connectivity index (χ4v) is 5.08. The average molecular weight is 555 g/mol. The number of likely N-dealkylation sites (N-methyl/N-ethyl adjacent to an activating group) is 1. The first kappa shape index (κ1) is 26.4. The summed E-state index contributed by atoms with van der Waals surface area (Å²) in [5.41, 5.74) is 10.1. The molecule has 0 saturated carbocycles. The lowest BCUT2D eigenvalue weighted by atomic mass is 10.2. The third-order valence-electron chi connectivity index (χ3n) is 7.29. The number of nitrogens with two attached hydrogens (primary N) is 1. The first-order valence-corrected chi connectivity index (χ1v) is 13.4. The highest BCUT2D eigenvalue weighted by atomic mass is 15.4. The molecular weight excluding hydrogens is 520 g/mol. The predicted octanol–water partition coefficient (Wildman–Crippen LogP) is 1.60. The summed E-state index contributed by atoms with van der Waals surface area (Å²) in [5.74, 6) is 2.87. The van der Waals surface area contributed by atoms with E-state index < -0.39 is 0 Å². The van der Waals surface area contributed by atoms with E-state index in [1.807, 2.05) is 56.2 Å². The topological polar surface area (TPSA) is 136 Å². The molecule has 1 fully saturated rings. The van der Waals surface area contributed by atoms with Crippen LogP contribution in [0.1, 0.15) is 6.42 Å². The Labute approximate surface area is 237 Å². The van der Waals surface area contributed by atoms with E-state index in [0.717, 1.165) is 31.1 Å². The van der Waals surface area contributed by atoms with E-state index in [-0.39, 0.29) is 0 Å². The summed E-state index contributed by atoms with van der Waals surface area (Å²) in [6.45, 7) is 1.68. The van der Waals surface area contributed by atoms with Crippen LogP contribution in [0.25, 0.3) is 11.3 Å². The zero-order valence-corrected chi connectivity index (χ0v) is 24.1. The van der Waals surface area contributed by atoms with Crippen molar-refractivity contribution in [2.24, 2.45) is 20.7 Å². The van der Waals surface area contributed by atoms with Crippen molar-refractivity contribution in [3.05, 3.63) is 48.7 Å². The normalized spacial score (nSPS) is 19.6. The molecular formula is C27H34N14. The molecule has 1 unspecified atom stereocenters. The van der Waals surface area contributed by atoms with E-state index in [0.29, 0.717) is 51.8 Å². The van der Waals surface area contributed by atoms with Crippen LogP contribution in [0.3, 0.4) is 0 Å². The third kappa shape index (κ3) is 4.75. The maximum atomic E-state index is 6.62. The number of aromatic nitrogens is 6. The molecule has 6 rings (SSSR count). The highest BCUT2D eigenvalue weighted by Gasteiger charge is 2.30. The molecule has 2 aliphatic rings. The fraction of sp³-hybridized carbons (Fsp3) is 0.370. The Kier molecular flexibility index (Phi) is 6.61. The molecule has 14 heteroatoms. The molecule has 0 spiro atoms. The molecule has 1 saturated heterocycles. The first-order valence-electron chi connectivity index (χ1n) is 13.4. The van der Waals surface area contributed by atoms with Crippen molar-refractivity contribution in [1.82, 2.24) is 39.0 Å². The second-order valence-corrected chi connectivity index (χ2v) is 10.7. The molecule has 1 atom stereocenters. The molecule has 0 aromatic carbocycles. The number of hydrogen-bond acceptors (Lipinski definition) is 11. The van der Waals surface area contributed by atoms with Crippen molar-refractivity contribution in [2.75, 3.05) is 65.2 Å². The zero-order valence-electron chi connectivity index (χ0n) is 24.1. The summed E-state index contributed by atoms with van der Waals surface area (Å²) in [7, 11) is 12.0. The number of rotatable bonds is 5. The van der Waals surface area contributed by atoms with Crippen LogP contribution in [0.4, 0.5) is 23.0 Å². The van der Waals surface area contributed by atoms with Gasteiger partial charge in [-0.1, -0.05) is 0 Å². The van der Waals surface area contributed by atoms with Gasteiger partial charge in [-0.3, -0.25) is 0 Å². The largest absolute Gasteiger partial charge is 0.396 e. The van der Waals surface area contributed by atoms with Crippen LogP contribution in [-0.2, 0) is 0 Å². The monoisotopic (exact) mass is 554 g/mol. The number of fused-ring (bicyclic) bond motifs is 2. The minimum atomic E-state index is 0.414. The molecule has 6 heterocycles. The second-order valence-electron chi connectivity index (χ2n) is 10.7. The molecule has 2 aliphatic heterocycles. The standard InChI is InChI=1S/C27H34N14/c1-36(2)17-9-12-39(16-17)25-18(28)13-19(33-20-14-31-40-22(37(3)4)7-10-29-26(20)40)24(35-25)34-21-15-32-41-23(38(5)6)8-11-30-27(21)41/h7-8,10-11,13-15,17H,9,12,16,28H2,1-6H3. The van der Waals surface area contributed by atoms with Crippen molar-refractivity contribution in [3.8, 4) is 0 Å². The Morgan fingerprint density at radius 2 is 1.44 bits per heavy atom. The fourth-order valence-electron chi connectivity index (χ4n) is 5.08. The van der Waals surface area contributed by atoms with Crippen molar-refractivity contribution in [3.63, 3.8) is 0 Å². The summed E-state index contributed by atoms with van der Waals surface area (Å²) >= 11 is 0. The maximum absolute atomic E-state index is 6.62. The van der Waals surface area contributed by atoms with Gasteiger partial charge in [0.2, 0.25) is 0 Å². The van der Waals surface area contributed by atoms with E-state index >= 15 is 0 Å². The molecule has 2 N–H and O–H groups in total. The summed E-state index contributed by atoms with van der Waals surface area (Å²) in [4.78, 5) is 32.3. The van der Waals surface area contributed by atoms with Crippen molar-refractivity contribution in [2.45, 2.75) is 12.5 Å². The van der Waals surface area contributed by atoms with E-state index in [9.17, 15) is 0 Å². The van der Waals surface area contributed by atoms with Crippen LogP contribution in [-0.4, -0.2) is 118 Å². The Morgan fingerprint density at radius 3 is 1.98 bits per heavy atom. The molecule has 212 valence electrons.